The van der Waals surface area contributed by atoms with Crippen molar-refractivity contribution in [2.24, 2.45) is 0 Å². The van der Waals surface area contributed by atoms with Crippen LogP contribution in [0, 0.1) is 0 Å². The van der Waals surface area contributed by atoms with Gasteiger partial charge in [-0.05, 0) is 17.7 Å². The van der Waals surface area contributed by atoms with E-state index in [-0.39, 0.29) is 24.3 Å². The Kier molecular flexibility index (Phi) is 5.53. The van der Waals surface area contributed by atoms with Gasteiger partial charge in [0.05, 0.1) is 6.20 Å². The maximum Gasteiger partial charge on any atom is 0.322 e. The smallest absolute Gasteiger partial charge is 0.322 e. The van der Waals surface area contributed by atoms with E-state index < -0.39 is 0 Å². The molecule has 0 bridgehead atoms. The van der Waals surface area contributed by atoms with Gasteiger partial charge in [0, 0.05) is 25.7 Å². The van der Waals surface area contributed by atoms with Crippen molar-refractivity contribution in [2.45, 2.75) is 13.1 Å². The number of nitrogens with zero attached hydrogens (tertiary/aromatic N) is 4. The molecule has 2 aromatic rings. The Balaban J connectivity index is 1.82. The van der Waals surface area contributed by atoms with Crippen molar-refractivity contribution in [1.29, 1.82) is 0 Å². The molecular formula is C14H17ClN6O2. The summed E-state index contributed by atoms with van der Waals surface area (Å²) in [4.78, 5) is 24.7. The van der Waals surface area contributed by atoms with Crippen LogP contribution < -0.4 is 10.6 Å². The minimum atomic E-state index is -0.316. The van der Waals surface area contributed by atoms with E-state index in [0.717, 1.165) is 5.56 Å². The third-order valence-corrected chi connectivity index (χ3v) is 3.14. The van der Waals surface area contributed by atoms with Gasteiger partial charge in [-0.3, -0.25) is 10.1 Å². The number of carbonyl (C=O) groups is 2. The van der Waals surface area contributed by atoms with E-state index in [0.29, 0.717) is 11.6 Å². The largest absolute Gasteiger partial charge is 0.350 e. The van der Waals surface area contributed by atoms with Crippen LogP contribution in [0.5, 0.6) is 0 Å². The first kappa shape index (κ1) is 16.8. The molecule has 0 radical (unpaired) electrons. The summed E-state index contributed by atoms with van der Waals surface area (Å²) < 4.78 is 1.35. The Morgan fingerprint density at radius 1 is 1.26 bits per heavy atom. The molecule has 0 spiro atoms. The average molecular weight is 337 g/mol. The normalized spacial score (nSPS) is 10.2. The van der Waals surface area contributed by atoms with E-state index in [2.05, 4.69) is 20.9 Å². The maximum absolute atomic E-state index is 11.9. The quantitative estimate of drug-likeness (QED) is 0.861. The number of nitrogens with one attached hydrogen (secondary N) is 2. The van der Waals surface area contributed by atoms with E-state index in [1.54, 1.807) is 26.2 Å². The van der Waals surface area contributed by atoms with Gasteiger partial charge in [0.1, 0.15) is 6.54 Å². The van der Waals surface area contributed by atoms with E-state index in [1.807, 2.05) is 12.1 Å². The number of hydrogen-bond donors (Lipinski definition) is 2. The van der Waals surface area contributed by atoms with Crippen LogP contribution in [0.2, 0.25) is 5.02 Å². The van der Waals surface area contributed by atoms with Gasteiger partial charge < -0.3 is 10.2 Å². The Morgan fingerprint density at radius 2 is 1.96 bits per heavy atom. The lowest BCUT2D eigenvalue weighted by atomic mass is 10.2. The lowest BCUT2D eigenvalue weighted by molar-refractivity contribution is -0.122. The van der Waals surface area contributed by atoms with Gasteiger partial charge in [-0.2, -0.15) is 0 Å². The third-order valence-electron chi connectivity index (χ3n) is 2.89. The summed E-state index contributed by atoms with van der Waals surface area (Å²) in [5.41, 5.74) is 0.945. The number of rotatable bonds is 5. The predicted molar refractivity (Wildman–Crippen MR) is 86.0 cm³/mol. The van der Waals surface area contributed by atoms with Crippen LogP contribution in [0.4, 0.5) is 10.6 Å². The fourth-order valence-corrected chi connectivity index (χ4v) is 1.79. The van der Waals surface area contributed by atoms with Crippen molar-refractivity contribution in [1.82, 2.24) is 25.2 Å². The van der Waals surface area contributed by atoms with Crippen LogP contribution in [0.15, 0.2) is 30.5 Å². The Labute approximate surface area is 138 Å². The lowest BCUT2D eigenvalue weighted by Gasteiger charge is -2.09. The first-order chi connectivity index (χ1) is 10.9. The van der Waals surface area contributed by atoms with Gasteiger partial charge in [-0.1, -0.05) is 28.9 Å². The number of amides is 3. The van der Waals surface area contributed by atoms with E-state index in [4.69, 9.17) is 11.6 Å². The molecule has 9 heteroatoms. The second-order valence-corrected chi connectivity index (χ2v) is 5.47. The molecule has 2 N–H and O–H groups in total. The lowest BCUT2D eigenvalue weighted by Crippen LogP contribution is -2.27. The molecule has 2 rings (SSSR count). The molecule has 0 saturated carbocycles. The van der Waals surface area contributed by atoms with Gasteiger partial charge in [0.15, 0.2) is 5.82 Å². The van der Waals surface area contributed by atoms with Crippen LogP contribution in [0.1, 0.15) is 5.56 Å². The molecule has 8 nitrogen and oxygen atoms in total. The topological polar surface area (TPSA) is 92.2 Å². The second kappa shape index (κ2) is 7.59. The number of halogens is 1. The maximum atomic E-state index is 11.9. The molecular weight excluding hydrogens is 320 g/mol. The highest BCUT2D eigenvalue weighted by Gasteiger charge is 2.09. The zero-order valence-electron chi connectivity index (χ0n) is 12.8. The summed E-state index contributed by atoms with van der Waals surface area (Å²) in [5.74, 6) is 0.0736. The molecule has 0 aliphatic rings. The number of urea groups is 1. The minimum Gasteiger partial charge on any atom is -0.350 e. The molecule has 1 aromatic heterocycles. The van der Waals surface area contributed by atoms with Crippen molar-refractivity contribution < 1.29 is 9.59 Å². The molecule has 1 heterocycles. The Bertz CT molecular complexity index is 683. The number of benzene rings is 1. The van der Waals surface area contributed by atoms with E-state index in [9.17, 15) is 9.59 Å². The Hall–Kier alpha value is -2.61. The van der Waals surface area contributed by atoms with Gasteiger partial charge >= 0.3 is 6.03 Å². The highest BCUT2D eigenvalue weighted by Crippen LogP contribution is 2.09. The summed E-state index contributed by atoms with van der Waals surface area (Å²) in [6.45, 7) is 0.410. The third kappa shape index (κ3) is 5.26. The van der Waals surface area contributed by atoms with Gasteiger partial charge in [-0.25, -0.2) is 9.48 Å². The fourth-order valence-electron chi connectivity index (χ4n) is 1.66. The zero-order chi connectivity index (χ0) is 16.8. The van der Waals surface area contributed by atoms with Crippen LogP contribution in [-0.2, 0) is 17.9 Å². The standard InChI is InChI=1S/C14H17ClN6O2/c1-20(2)14(23)17-12-8-21(19-18-12)9-13(22)16-7-10-3-5-11(15)6-4-10/h3-6,8H,7,9H2,1-2H3,(H,16,22)(H,17,23). The molecule has 3 amide bonds. The number of hydrogen-bond acceptors (Lipinski definition) is 4. The number of anilines is 1. The first-order valence-corrected chi connectivity index (χ1v) is 7.21. The molecule has 0 aliphatic heterocycles. The summed E-state index contributed by atoms with van der Waals surface area (Å²) in [5, 5.41) is 13.5. The number of aromatic nitrogens is 3. The van der Waals surface area contributed by atoms with Crippen LogP contribution >= 0.6 is 11.6 Å². The summed E-state index contributed by atoms with van der Waals surface area (Å²) in [6.07, 6.45) is 1.49. The van der Waals surface area contributed by atoms with Crippen molar-refractivity contribution >= 4 is 29.4 Å². The van der Waals surface area contributed by atoms with Crippen molar-refractivity contribution in [3.63, 3.8) is 0 Å². The molecule has 0 fully saturated rings. The van der Waals surface area contributed by atoms with E-state index >= 15 is 0 Å². The van der Waals surface area contributed by atoms with E-state index in [1.165, 1.54) is 15.8 Å². The molecule has 23 heavy (non-hydrogen) atoms. The molecule has 1 aromatic carbocycles. The summed E-state index contributed by atoms with van der Waals surface area (Å²) in [6, 6.07) is 6.89. The van der Waals surface area contributed by atoms with Gasteiger partial charge in [0.2, 0.25) is 5.91 Å². The SMILES string of the molecule is CN(C)C(=O)Nc1cn(CC(=O)NCc2ccc(Cl)cc2)nn1. The molecule has 122 valence electrons. The van der Waals surface area contributed by atoms with Crippen LogP contribution in [-0.4, -0.2) is 45.9 Å². The van der Waals surface area contributed by atoms with Gasteiger partial charge in [-0.15, -0.1) is 5.10 Å². The first-order valence-electron chi connectivity index (χ1n) is 6.83. The average Bonchev–Trinajstić information content (AvgIpc) is 2.93. The number of carbonyl (C=O) groups excluding carboxylic acids is 2. The summed E-state index contributed by atoms with van der Waals surface area (Å²) >= 11 is 5.80. The zero-order valence-corrected chi connectivity index (χ0v) is 13.5. The molecule has 0 aliphatic carbocycles. The molecule has 0 atom stereocenters. The second-order valence-electron chi connectivity index (χ2n) is 5.03. The minimum absolute atomic E-state index is 0.0123. The van der Waals surface area contributed by atoms with Crippen molar-refractivity contribution in [2.75, 3.05) is 19.4 Å². The van der Waals surface area contributed by atoms with Crippen molar-refractivity contribution in [3.05, 3.63) is 41.0 Å². The van der Waals surface area contributed by atoms with Crippen LogP contribution in [0.3, 0.4) is 0 Å². The summed E-state index contributed by atoms with van der Waals surface area (Å²) in [7, 11) is 3.23. The fraction of sp³-hybridized carbons (Fsp3) is 0.286. The highest BCUT2D eigenvalue weighted by atomic mass is 35.5. The highest BCUT2D eigenvalue weighted by molar-refractivity contribution is 6.30. The monoisotopic (exact) mass is 336 g/mol. The van der Waals surface area contributed by atoms with Crippen molar-refractivity contribution in [3.8, 4) is 0 Å². The molecule has 0 unspecified atom stereocenters. The predicted octanol–water partition coefficient (Wildman–Crippen LogP) is 1.34. The molecule has 0 saturated heterocycles. The van der Waals surface area contributed by atoms with Gasteiger partial charge in [0.25, 0.3) is 0 Å². The Morgan fingerprint density at radius 3 is 2.61 bits per heavy atom. The van der Waals surface area contributed by atoms with Crippen LogP contribution in [0.25, 0.3) is 0 Å².